The fraction of sp³-hybridized carbons (Fsp3) is 0.167. The van der Waals surface area contributed by atoms with Gasteiger partial charge >= 0.3 is 0 Å². The lowest BCUT2D eigenvalue weighted by molar-refractivity contribution is 0.509. The average Bonchev–Trinajstić information content (AvgIpc) is 2.64. The van der Waals surface area contributed by atoms with Crippen LogP contribution in [0.25, 0.3) is 11.1 Å². The Balaban J connectivity index is 2.46. The number of nitrogens with two attached hydrogens (primary N) is 1. The van der Waals surface area contributed by atoms with Crippen molar-refractivity contribution in [1.82, 2.24) is 4.57 Å². The van der Waals surface area contributed by atoms with Crippen molar-refractivity contribution < 1.29 is 8.78 Å². The van der Waals surface area contributed by atoms with E-state index < -0.39 is 11.6 Å². The maximum atomic E-state index is 13.0. The number of hydrogen-bond acceptors (Lipinski definition) is 1. The van der Waals surface area contributed by atoms with E-state index in [0.29, 0.717) is 12.1 Å². The second-order valence-electron chi connectivity index (χ2n) is 3.66. The van der Waals surface area contributed by atoms with Crippen LogP contribution < -0.4 is 5.73 Å². The second-order valence-corrected chi connectivity index (χ2v) is 3.66. The van der Waals surface area contributed by atoms with E-state index in [1.165, 1.54) is 6.07 Å². The van der Waals surface area contributed by atoms with E-state index in [1.807, 2.05) is 23.9 Å². The zero-order chi connectivity index (χ0) is 11.7. The highest BCUT2D eigenvalue weighted by atomic mass is 19.2. The van der Waals surface area contributed by atoms with E-state index in [2.05, 4.69) is 0 Å². The zero-order valence-electron chi connectivity index (χ0n) is 8.87. The molecule has 1 aromatic heterocycles. The molecular formula is C12H12F2N2. The van der Waals surface area contributed by atoms with E-state index in [-0.39, 0.29) is 0 Å². The normalized spacial score (nSPS) is 10.8. The summed E-state index contributed by atoms with van der Waals surface area (Å²) < 4.78 is 27.7. The van der Waals surface area contributed by atoms with Crippen LogP contribution in [0.3, 0.4) is 0 Å². The van der Waals surface area contributed by atoms with Crippen LogP contribution in [0.15, 0.2) is 30.5 Å². The molecule has 0 aliphatic rings. The van der Waals surface area contributed by atoms with Crippen LogP contribution in [0.1, 0.15) is 5.69 Å². The van der Waals surface area contributed by atoms with E-state index in [1.54, 1.807) is 6.07 Å². The molecule has 2 aromatic rings. The highest BCUT2D eigenvalue weighted by molar-refractivity contribution is 5.63. The van der Waals surface area contributed by atoms with Gasteiger partial charge in [-0.1, -0.05) is 6.07 Å². The van der Waals surface area contributed by atoms with Crippen LogP contribution in [-0.4, -0.2) is 4.57 Å². The molecule has 1 aromatic carbocycles. The van der Waals surface area contributed by atoms with Crippen molar-refractivity contribution in [1.29, 1.82) is 0 Å². The Morgan fingerprint density at radius 2 is 1.88 bits per heavy atom. The molecule has 84 valence electrons. The van der Waals surface area contributed by atoms with Crippen LogP contribution in [0, 0.1) is 11.6 Å². The monoisotopic (exact) mass is 222 g/mol. The average molecular weight is 222 g/mol. The molecule has 1 heterocycles. The van der Waals surface area contributed by atoms with E-state index in [0.717, 1.165) is 17.3 Å². The molecule has 0 bridgehead atoms. The number of rotatable bonds is 2. The standard InChI is InChI=1S/C12H12F2N2/c1-16-7-9(4-10(16)6-15)8-2-3-11(13)12(14)5-8/h2-5,7H,6,15H2,1H3. The molecule has 0 saturated carbocycles. The lowest BCUT2D eigenvalue weighted by Gasteiger charge is -1.98. The minimum Gasteiger partial charge on any atom is -0.353 e. The third kappa shape index (κ3) is 1.84. The Bertz CT molecular complexity index is 518. The molecule has 2 N–H and O–H groups in total. The quantitative estimate of drug-likeness (QED) is 0.831. The maximum Gasteiger partial charge on any atom is 0.159 e. The van der Waals surface area contributed by atoms with Crippen molar-refractivity contribution in [3.05, 3.63) is 47.8 Å². The molecule has 0 saturated heterocycles. The molecule has 16 heavy (non-hydrogen) atoms. The predicted octanol–water partition coefficient (Wildman–Crippen LogP) is 2.43. The molecule has 0 fully saturated rings. The van der Waals surface area contributed by atoms with Gasteiger partial charge in [-0.25, -0.2) is 8.78 Å². The third-order valence-electron chi connectivity index (χ3n) is 2.57. The first-order valence-electron chi connectivity index (χ1n) is 4.92. The van der Waals surface area contributed by atoms with Gasteiger partial charge in [0.15, 0.2) is 11.6 Å². The van der Waals surface area contributed by atoms with Crippen LogP contribution >= 0.6 is 0 Å². The number of halogens is 2. The molecule has 2 rings (SSSR count). The van der Waals surface area contributed by atoms with Gasteiger partial charge in [0.1, 0.15) is 0 Å². The number of benzene rings is 1. The molecule has 0 aliphatic heterocycles. The van der Waals surface area contributed by atoms with Crippen LogP contribution in [-0.2, 0) is 13.6 Å². The first kappa shape index (κ1) is 10.8. The molecular weight excluding hydrogens is 210 g/mol. The summed E-state index contributed by atoms with van der Waals surface area (Å²) in [7, 11) is 1.87. The maximum absolute atomic E-state index is 13.0. The van der Waals surface area contributed by atoms with Crippen molar-refractivity contribution in [2.75, 3.05) is 0 Å². The largest absolute Gasteiger partial charge is 0.353 e. The Labute approximate surface area is 92.3 Å². The van der Waals surface area contributed by atoms with Crippen molar-refractivity contribution >= 4 is 0 Å². The van der Waals surface area contributed by atoms with Gasteiger partial charge in [-0.3, -0.25) is 0 Å². The Kier molecular flexibility index (Phi) is 2.75. The lowest BCUT2D eigenvalue weighted by atomic mass is 10.1. The van der Waals surface area contributed by atoms with Gasteiger partial charge in [0.05, 0.1) is 0 Å². The first-order valence-corrected chi connectivity index (χ1v) is 4.92. The Morgan fingerprint density at radius 1 is 1.12 bits per heavy atom. The summed E-state index contributed by atoms with van der Waals surface area (Å²) >= 11 is 0. The summed E-state index contributed by atoms with van der Waals surface area (Å²) in [6.07, 6.45) is 1.84. The highest BCUT2D eigenvalue weighted by Crippen LogP contribution is 2.23. The molecule has 0 aliphatic carbocycles. The van der Waals surface area contributed by atoms with Crippen LogP contribution in [0.4, 0.5) is 8.78 Å². The first-order chi connectivity index (χ1) is 7.61. The van der Waals surface area contributed by atoms with E-state index in [4.69, 9.17) is 5.73 Å². The summed E-state index contributed by atoms with van der Waals surface area (Å²) in [4.78, 5) is 0. The van der Waals surface area contributed by atoms with E-state index in [9.17, 15) is 8.78 Å². The SMILES string of the molecule is Cn1cc(-c2ccc(F)c(F)c2)cc1CN. The van der Waals surface area contributed by atoms with Gasteiger partial charge in [-0.05, 0) is 29.3 Å². The number of hydrogen-bond donors (Lipinski definition) is 1. The van der Waals surface area contributed by atoms with Gasteiger partial charge in [0.2, 0.25) is 0 Å². The van der Waals surface area contributed by atoms with Gasteiger partial charge in [-0.2, -0.15) is 0 Å². The van der Waals surface area contributed by atoms with E-state index >= 15 is 0 Å². The number of aromatic nitrogens is 1. The lowest BCUT2D eigenvalue weighted by Crippen LogP contribution is -2.01. The Morgan fingerprint density at radius 3 is 2.44 bits per heavy atom. The van der Waals surface area contributed by atoms with Gasteiger partial charge in [0.25, 0.3) is 0 Å². The molecule has 0 atom stereocenters. The molecule has 0 radical (unpaired) electrons. The van der Waals surface area contributed by atoms with Crippen molar-refractivity contribution in [2.24, 2.45) is 12.8 Å². The Hall–Kier alpha value is -1.68. The third-order valence-corrected chi connectivity index (χ3v) is 2.57. The molecule has 4 heteroatoms. The topological polar surface area (TPSA) is 30.9 Å². The summed E-state index contributed by atoms with van der Waals surface area (Å²) in [5, 5.41) is 0. The smallest absolute Gasteiger partial charge is 0.159 e. The molecule has 2 nitrogen and oxygen atoms in total. The number of nitrogens with zero attached hydrogens (tertiary/aromatic N) is 1. The van der Waals surface area contributed by atoms with Crippen LogP contribution in [0.5, 0.6) is 0 Å². The van der Waals surface area contributed by atoms with Gasteiger partial charge in [0, 0.05) is 25.5 Å². The summed E-state index contributed by atoms with van der Waals surface area (Å²) in [5.74, 6) is -1.67. The van der Waals surface area contributed by atoms with Crippen molar-refractivity contribution in [3.8, 4) is 11.1 Å². The van der Waals surface area contributed by atoms with Gasteiger partial charge < -0.3 is 10.3 Å². The minimum absolute atomic E-state index is 0.417. The summed E-state index contributed by atoms with van der Waals surface area (Å²) in [5.41, 5.74) is 7.97. The molecule has 0 spiro atoms. The molecule has 0 unspecified atom stereocenters. The highest BCUT2D eigenvalue weighted by Gasteiger charge is 2.07. The second kappa shape index (κ2) is 4.06. The fourth-order valence-corrected chi connectivity index (χ4v) is 1.65. The summed E-state index contributed by atoms with van der Waals surface area (Å²) in [6.45, 7) is 0.417. The van der Waals surface area contributed by atoms with Crippen molar-refractivity contribution in [2.45, 2.75) is 6.54 Å². The zero-order valence-corrected chi connectivity index (χ0v) is 8.87. The number of aryl methyl sites for hydroxylation is 1. The van der Waals surface area contributed by atoms with Crippen molar-refractivity contribution in [3.63, 3.8) is 0 Å². The molecule has 0 amide bonds. The minimum atomic E-state index is -0.837. The van der Waals surface area contributed by atoms with Gasteiger partial charge in [-0.15, -0.1) is 0 Å². The van der Waals surface area contributed by atoms with Crippen LogP contribution in [0.2, 0.25) is 0 Å². The fourth-order valence-electron chi connectivity index (χ4n) is 1.65. The predicted molar refractivity (Wildman–Crippen MR) is 58.7 cm³/mol. The summed E-state index contributed by atoms with van der Waals surface area (Å²) in [6, 6.07) is 5.73.